The number of carbonyl (C=O) groups is 1. The summed E-state index contributed by atoms with van der Waals surface area (Å²) in [6, 6.07) is 9.30. The van der Waals surface area contributed by atoms with Crippen molar-refractivity contribution in [2.75, 3.05) is 30.0 Å². The van der Waals surface area contributed by atoms with Crippen molar-refractivity contribution in [1.29, 1.82) is 0 Å². The Balaban J connectivity index is 1.59. The van der Waals surface area contributed by atoms with E-state index in [-0.39, 0.29) is 11.9 Å². The van der Waals surface area contributed by atoms with Gasteiger partial charge in [0.1, 0.15) is 0 Å². The van der Waals surface area contributed by atoms with Gasteiger partial charge in [-0.15, -0.1) is 0 Å². The number of amides is 1. The molecule has 2 aliphatic heterocycles. The molecule has 1 aromatic carbocycles. The molecule has 0 saturated carbocycles. The van der Waals surface area contributed by atoms with Crippen LogP contribution in [0.5, 0.6) is 0 Å². The normalized spacial score (nSPS) is 26.8. The first-order chi connectivity index (χ1) is 11.6. The molecule has 0 aliphatic carbocycles. The maximum atomic E-state index is 12.6. The van der Waals surface area contributed by atoms with Gasteiger partial charge >= 0.3 is 0 Å². The molecule has 0 bridgehead atoms. The van der Waals surface area contributed by atoms with Crippen LogP contribution < -0.4 is 4.90 Å². The largest absolute Gasteiger partial charge is 0.368 e. The van der Waals surface area contributed by atoms with Gasteiger partial charge in [0.15, 0.2) is 0 Å². The number of hydrogen-bond acceptors (Lipinski definition) is 3. The Morgan fingerprint density at radius 1 is 1.25 bits per heavy atom. The second-order valence-corrected chi connectivity index (χ2v) is 8.74. The Bertz CT molecular complexity index is 609. The van der Waals surface area contributed by atoms with Crippen LogP contribution in [0.2, 0.25) is 0 Å². The van der Waals surface area contributed by atoms with Crippen LogP contribution in [0.4, 0.5) is 5.69 Å². The molecule has 1 fully saturated rings. The summed E-state index contributed by atoms with van der Waals surface area (Å²) >= 11 is 0. The van der Waals surface area contributed by atoms with Crippen LogP contribution in [-0.2, 0) is 22.0 Å². The van der Waals surface area contributed by atoms with Gasteiger partial charge in [-0.3, -0.25) is 9.00 Å². The lowest BCUT2D eigenvalue weighted by Crippen LogP contribution is -2.44. The minimum atomic E-state index is -0.674. The number of para-hydroxylation sites is 1. The fraction of sp³-hybridized carbons (Fsp3) is 0.632. The van der Waals surface area contributed by atoms with Crippen molar-refractivity contribution in [2.24, 2.45) is 0 Å². The van der Waals surface area contributed by atoms with Gasteiger partial charge in [0.05, 0.1) is 0 Å². The lowest BCUT2D eigenvalue weighted by molar-refractivity contribution is -0.131. The van der Waals surface area contributed by atoms with Crippen LogP contribution >= 0.6 is 0 Å². The highest BCUT2D eigenvalue weighted by Gasteiger charge is 2.27. The number of aryl methyl sites for hydroxylation is 1. The standard InChI is InChI=1S/C19H28N2O2S/c1-15-7-8-16-5-3-4-6-18(16)21(15)12-9-19(22)20(2)17-10-13-24(23)14-11-17/h3-6,15,17H,7-14H2,1-2H3/t15-,17?,24?/m1/s1. The summed E-state index contributed by atoms with van der Waals surface area (Å²) in [7, 11) is 1.24. The molecule has 24 heavy (non-hydrogen) atoms. The van der Waals surface area contributed by atoms with E-state index in [0.717, 1.165) is 43.7 Å². The molecule has 4 nitrogen and oxygen atoms in total. The Morgan fingerprint density at radius 2 is 1.96 bits per heavy atom. The number of rotatable bonds is 4. The monoisotopic (exact) mass is 348 g/mol. The average molecular weight is 349 g/mol. The molecule has 0 aromatic heterocycles. The van der Waals surface area contributed by atoms with Crippen LogP contribution in [0.15, 0.2) is 24.3 Å². The highest BCUT2D eigenvalue weighted by atomic mass is 32.2. The van der Waals surface area contributed by atoms with Crippen LogP contribution in [-0.4, -0.2) is 52.2 Å². The number of anilines is 1. The van der Waals surface area contributed by atoms with Crippen LogP contribution in [0.1, 0.15) is 38.2 Å². The summed E-state index contributed by atoms with van der Waals surface area (Å²) in [5.74, 6) is 1.68. The zero-order chi connectivity index (χ0) is 17.1. The molecular weight excluding hydrogens is 320 g/mol. The maximum Gasteiger partial charge on any atom is 0.224 e. The van der Waals surface area contributed by atoms with E-state index >= 15 is 0 Å². The van der Waals surface area contributed by atoms with Crippen molar-refractivity contribution < 1.29 is 9.00 Å². The molecule has 1 saturated heterocycles. The fourth-order valence-electron chi connectivity index (χ4n) is 3.87. The molecule has 0 spiro atoms. The topological polar surface area (TPSA) is 40.6 Å². The third-order valence-electron chi connectivity index (χ3n) is 5.53. The minimum absolute atomic E-state index is 0.211. The summed E-state index contributed by atoms with van der Waals surface area (Å²) in [6.45, 7) is 3.03. The van der Waals surface area contributed by atoms with Gasteiger partial charge in [0.2, 0.25) is 5.91 Å². The van der Waals surface area contributed by atoms with E-state index in [1.54, 1.807) is 0 Å². The van der Waals surface area contributed by atoms with Crippen LogP contribution in [0.3, 0.4) is 0 Å². The minimum Gasteiger partial charge on any atom is -0.368 e. The first kappa shape index (κ1) is 17.5. The summed E-state index contributed by atoms with van der Waals surface area (Å²) in [6.07, 6.45) is 4.57. The SMILES string of the molecule is C[C@@H]1CCc2ccccc2N1CCC(=O)N(C)C1CCS(=O)CC1. The van der Waals surface area contributed by atoms with Crippen molar-refractivity contribution in [3.8, 4) is 0 Å². The number of carbonyl (C=O) groups excluding carboxylic acids is 1. The van der Waals surface area contributed by atoms with Gasteiger partial charge in [-0.05, 0) is 44.2 Å². The Morgan fingerprint density at radius 3 is 2.71 bits per heavy atom. The first-order valence-corrected chi connectivity index (χ1v) is 10.5. The average Bonchev–Trinajstić information content (AvgIpc) is 2.60. The Labute approximate surface area is 147 Å². The van der Waals surface area contributed by atoms with E-state index < -0.39 is 10.8 Å². The van der Waals surface area contributed by atoms with E-state index in [2.05, 4.69) is 36.1 Å². The van der Waals surface area contributed by atoms with Crippen molar-refractivity contribution in [1.82, 2.24) is 4.90 Å². The third kappa shape index (κ3) is 3.82. The molecule has 5 heteroatoms. The van der Waals surface area contributed by atoms with E-state index in [4.69, 9.17) is 0 Å². The highest BCUT2D eigenvalue weighted by molar-refractivity contribution is 7.85. The van der Waals surface area contributed by atoms with Gasteiger partial charge in [0.25, 0.3) is 0 Å². The second-order valence-electron chi connectivity index (χ2n) is 7.04. The number of fused-ring (bicyclic) bond motifs is 1. The van der Waals surface area contributed by atoms with Gasteiger partial charge in [0, 0.05) is 60.1 Å². The number of hydrogen-bond donors (Lipinski definition) is 0. The smallest absolute Gasteiger partial charge is 0.224 e. The molecule has 1 amide bonds. The maximum absolute atomic E-state index is 12.6. The van der Waals surface area contributed by atoms with E-state index in [1.165, 1.54) is 11.3 Å². The zero-order valence-electron chi connectivity index (χ0n) is 14.7. The molecule has 2 heterocycles. The molecule has 2 aliphatic rings. The van der Waals surface area contributed by atoms with Crippen LogP contribution in [0.25, 0.3) is 0 Å². The Kier molecular flexibility index (Phi) is 5.59. The summed E-state index contributed by atoms with van der Waals surface area (Å²) in [5.41, 5.74) is 2.69. The van der Waals surface area contributed by atoms with Crippen molar-refractivity contribution in [3.63, 3.8) is 0 Å². The summed E-state index contributed by atoms with van der Waals surface area (Å²) in [4.78, 5) is 16.9. The Hall–Kier alpha value is -1.36. The zero-order valence-corrected chi connectivity index (χ0v) is 15.6. The molecular formula is C19H28N2O2S. The molecule has 0 N–H and O–H groups in total. The lowest BCUT2D eigenvalue weighted by Gasteiger charge is -2.38. The van der Waals surface area contributed by atoms with Crippen molar-refractivity contribution in [3.05, 3.63) is 29.8 Å². The quantitative estimate of drug-likeness (QED) is 0.840. The fourth-order valence-corrected chi connectivity index (χ4v) is 5.14. The number of nitrogens with zero attached hydrogens (tertiary/aromatic N) is 2. The summed E-state index contributed by atoms with van der Waals surface area (Å²) in [5, 5.41) is 0. The molecule has 0 radical (unpaired) electrons. The lowest BCUT2D eigenvalue weighted by atomic mass is 9.96. The molecule has 3 rings (SSSR count). The van der Waals surface area contributed by atoms with Gasteiger partial charge in [-0.2, -0.15) is 0 Å². The van der Waals surface area contributed by atoms with E-state index in [1.807, 2.05) is 11.9 Å². The van der Waals surface area contributed by atoms with Crippen molar-refractivity contribution >= 4 is 22.4 Å². The first-order valence-electron chi connectivity index (χ1n) is 9.01. The third-order valence-corrected chi connectivity index (χ3v) is 6.91. The van der Waals surface area contributed by atoms with Gasteiger partial charge in [-0.25, -0.2) is 0 Å². The van der Waals surface area contributed by atoms with Gasteiger partial charge < -0.3 is 9.80 Å². The predicted octanol–water partition coefficient (Wildman–Crippen LogP) is 2.59. The van der Waals surface area contributed by atoms with Crippen LogP contribution in [0, 0.1) is 0 Å². The van der Waals surface area contributed by atoms with Crippen molar-refractivity contribution in [2.45, 2.75) is 51.1 Å². The van der Waals surface area contributed by atoms with Gasteiger partial charge in [-0.1, -0.05) is 18.2 Å². The van der Waals surface area contributed by atoms with E-state index in [0.29, 0.717) is 12.5 Å². The molecule has 1 atom stereocenters. The predicted molar refractivity (Wildman–Crippen MR) is 99.9 cm³/mol. The number of benzene rings is 1. The second kappa shape index (κ2) is 7.68. The molecule has 132 valence electrons. The van der Waals surface area contributed by atoms with E-state index in [9.17, 15) is 9.00 Å². The molecule has 0 unspecified atom stereocenters. The summed E-state index contributed by atoms with van der Waals surface area (Å²) < 4.78 is 11.5. The highest BCUT2D eigenvalue weighted by Crippen LogP contribution is 2.30. The molecule has 1 aromatic rings.